The molecule has 0 saturated carbocycles. The molecule has 1 fully saturated rings. The number of hydrogen-bond acceptors (Lipinski definition) is 5. The quantitative estimate of drug-likeness (QED) is 0.706. The van der Waals surface area contributed by atoms with E-state index in [2.05, 4.69) is 4.98 Å². The van der Waals surface area contributed by atoms with Gasteiger partial charge in [0.2, 0.25) is 0 Å². The number of hydrogen-bond donors (Lipinski definition) is 2. The molecule has 0 atom stereocenters. The fourth-order valence-corrected chi connectivity index (χ4v) is 2.31. The van der Waals surface area contributed by atoms with Crippen LogP contribution in [0.25, 0.3) is 0 Å². The van der Waals surface area contributed by atoms with E-state index in [9.17, 15) is 14.4 Å². The van der Waals surface area contributed by atoms with Crippen molar-refractivity contribution < 1.29 is 4.79 Å². The number of nitrogens with zero attached hydrogens (tertiary/aromatic N) is 2. The van der Waals surface area contributed by atoms with E-state index in [1.807, 2.05) is 4.90 Å². The minimum absolute atomic E-state index is 0.0734. The summed E-state index contributed by atoms with van der Waals surface area (Å²) in [6.45, 7) is 1.89. The van der Waals surface area contributed by atoms with Crippen LogP contribution < -0.4 is 17.0 Å². The number of nitrogen functional groups attached to an aromatic ring is 1. The Morgan fingerprint density at radius 1 is 1.26 bits per heavy atom. The van der Waals surface area contributed by atoms with Crippen molar-refractivity contribution in [2.75, 3.05) is 25.4 Å². The zero-order valence-corrected chi connectivity index (χ0v) is 10.9. The number of aromatic nitrogens is 2. The van der Waals surface area contributed by atoms with Crippen LogP contribution >= 0.6 is 0 Å². The Balaban J connectivity index is 2.26. The normalized spacial score (nSPS) is 16.5. The molecule has 1 aliphatic rings. The third-order valence-corrected chi connectivity index (χ3v) is 3.46. The second kappa shape index (κ2) is 5.40. The molecule has 7 heteroatoms. The molecule has 0 bridgehead atoms. The van der Waals surface area contributed by atoms with Crippen LogP contribution in [0.3, 0.4) is 0 Å². The van der Waals surface area contributed by atoms with Crippen molar-refractivity contribution in [2.45, 2.75) is 19.3 Å². The molecule has 1 aromatic heterocycles. The van der Waals surface area contributed by atoms with E-state index in [0.717, 1.165) is 30.5 Å². The Morgan fingerprint density at radius 2 is 1.89 bits per heavy atom. The summed E-state index contributed by atoms with van der Waals surface area (Å²) in [4.78, 5) is 39.3. The van der Waals surface area contributed by atoms with E-state index in [-0.39, 0.29) is 23.7 Å². The summed E-state index contributed by atoms with van der Waals surface area (Å²) in [5.74, 6) is -0.410. The number of anilines is 1. The predicted octanol–water partition coefficient (Wildman–Crippen LogP) is -0.676. The van der Waals surface area contributed by atoms with Gasteiger partial charge in [-0.05, 0) is 25.9 Å². The number of nitrogens with one attached hydrogen (secondary N) is 1. The van der Waals surface area contributed by atoms with Gasteiger partial charge >= 0.3 is 5.69 Å². The molecule has 3 N–H and O–H groups in total. The SMILES string of the molecule is Cn1c(N)c(C(=O)CN2CCCCC2)c(=O)[nH]c1=O. The third kappa shape index (κ3) is 2.76. The molecule has 1 saturated heterocycles. The highest BCUT2D eigenvalue weighted by atomic mass is 16.2. The number of likely N-dealkylation sites (tertiary alicyclic amines) is 1. The third-order valence-electron chi connectivity index (χ3n) is 3.46. The first-order valence-electron chi connectivity index (χ1n) is 6.35. The van der Waals surface area contributed by atoms with Gasteiger partial charge in [-0.25, -0.2) is 4.79 Å². The second-order valence-electron chi connectivity index (χ2n) is 4.84. The Labute approximate surface area is 110 Å². The monoisotopic (exact) mass is 266 g/mol. The maximum Gasteiger partial charge on any atom is 0.329 e. The number of nitrogens with two attached hydrogens (primary N) is 1. The number of carbonyl (C=O) groups is 1. The highest BCUT2D eigenvalue weighted by Gasteiger charge is 2.21. The average Bonchev–Trinajstić information content (AvgIpc) is 2.37. The summed E-state index contributed by atoms with van der Waals surface area (Å²) in [5.41, 5.74) is 4.26. The maximum absolute atomic E-state index is 12.2. The van der Waals surface area contributed by atoms with E-state index in [1.54, 1.807) is 0 Å². The van der Waals surface area contributed by atoms with Gasteiger partial charge in [0, 0.05) is 7.05 Å². The molecular formula is C12H18N4O3. The van der Waals surface area contributed by atoms with E-state index in [4.69, 9.17) is 5.73 Å². The molecule has 104 valence electrons. The van der Waals surface area contributed by atoms with Crippen LogP contribution in [0.15, 0.2) is 9.59 Å². The van der Waals surface area contributed by atoms with Crippen LogP contribution in [0.4, 0.5) is 5.82 Å². The first kappa shape index (κ1) is 13.5. The number of rotatable bonds is 3. The number of aromatic amines is 1. The van der Waals surface area contributed by atoms with Gasteiger partial charge in [0.15, 0.2) is 5.78 Å². The smallest absolute Gasteiger partial charge is 0.329 e. The molecule has 1 aliphatic heterocycles. The summed E-state index contributed by atoms with van der Waals surface area (Å²) < 4.78 is 1.07. The van der Waals surface area contributed by atoms with Gasteiger partial charge in [-0.1, -0.05) is 6.42 Å². The lowest BCUT2D eigenvalue weighted by Gasteiger charge is -2.25. The highest BCUT2D eigenvalue weighted by Crippen LogP contribution is 2.10. The molecule has 7 nitrogen and oxygen atoms in total. The molecule has 0 radical (unpaired) electrons. The van der Waals surface area contributed by atoms with Gasteiger partial charge in [0.25, 0.3) is 5.56 Å². The highest BCUT2D eigenvalue weighted by molar-refractivity contribution is 6.01. The van der Waals surface area contributed by atoms with Gasteiger partial charge in [-0.15, -0.1) is 0 Å². The van der Waals surface area contributed by atoms with Crippen LogP contribution in [0.5, 0.6) is 0 Å². The molecule has 0 amide bonds. The van der Waals surface area contributed by atoms with Gasteiger partial charge < -0.3 is 5.73 Å². The van der Waals surface area contributed by atoms with Gasteiger partial charge in [-0.3, -0.25) is 24.0 Å². The second-order valence-corrected chi connectivity index (χ2v) is 4.84. The van der Waals surface area contributed by atoms with Gasteiger partial charge in [0.05, 0.1) is 6.54 Å². The zero-order valence-electron chi connectivity index (χ0n) is 10.9. The Bertz CT molecular complexity index is 596. The molecule has 19 heavy (non-hydrogen) atoms. The lowest BCUT2D eigenvalue weighted by Crippen LogP contribution is -2.39. The first-order valence-corrected chi connectivity index (χ1v) is 6.35. The van der Waals surface area contributed by atoms with Crippen molar-refractivity contribution in [3.63, 3.8) is 0 Å². The largest absolute Gasteiger partial charge is 0.384 e. The van der Waals surface area contributed by atoms with Crippen LogP contribution in [-0.4, -0.2) is 39.9 Å². The van der Waals surface area contributed by atoms with Crippen LogP contribution in [0.1, 0.15) is 29.6 Å². The summed E-state index contributed by atoms with van der Waals surface area (Å²) >= 11 is 0. The molecule has 2 heterocycles. The van der Waals surface area contributed by atoms with Crippen LogP contribution in [0.2, 0.25) is 0 Å². The predicted molar refractivity (Wildman–Crippen MR) is 71.3 cm³/mol. The molecule has 1 aromatic rings. The Morgan fingerprint density at radius 3 is 2.53 bits per heavy atom. The van der Waals surface area contributed by atoms with E-state index >= 15 is 0 Å². The average molecular weight is 266 g/mol. The summed E-state index contributed by atoms with van der Waals surface area (Å²) in [5, 5.41) is 0. The minimum Gasteiger partial charge on any atom is -0.384 e. The van der Waals surface area contributed by atoms with Gasteiger partial charge in [0.1, 0.15) is 11.4 Å². The summed E-state index contributed by atoms with van der Waals surface area (Å²) in [7, 11) is 1.42. The Kier molecular flexibility index (Phi) is 3.84. The van der Waals surface area contributed by atoms with E-state index < -0.39 is 11.2 Å². The van der Waals surface area contributed by atoms with Crippen LogP contribution in [0, 0.1) is 0 Å². The first-order chi connectivity index (χ1) is 9.00. The van der Waals surface area contributed by atoms with E-state index in [1.165, 1.54) is 13.5 Å². The lowest BCUT2D eigenvalue weighted by molar-refractivity contribution is 0.0914. The van der Waals surface area contributed by atoms with E-state index in [0.29, 0.717) is 0 Å². The lowest BCUT2D eigenvalue weighted by atomic mass is 10.1. The summed E-state index contributed by atoms with van der Waals surface area (Å²) in [6.07, 6.45) is 3.30. The maximum atomic E-state index is 12.2. The van der Waals surface area contributed by atoms with Crippen molar-refractivity contribution >= 4 is 11.6 Å². The topological polar surface area (TPSA) is 101 Å². The molecular weight excluding hydrogens is 248 g/mol. The molecule has 0 spiro atoms. The van der Waals surface area contributed by atoms with Crippen molar-refractivity contribution in [3.8, 4) is 0 Å². The number of ketones is 1. The summed E-state index contributed by atoms with van der Waals surface area (Å²) in [6, 6.07) is 0. The molecule has 0 unspecified atom stereocenters. The van der Waals surface area contributed by atoms with Crippen LogP contribution in [-0.2, 0) is 7.05 Å². The molecule has 0 aromatic carbocycles. The molecule has 2 rings (SSSR count). The number of piperidine rings is 1. The minimum atomic E-state index is -0.706. The fraction of sp³-hybridized carbons (Fsp3) is 0.583. The van der Waals surface area contributed by atoms with Gasteiger partial charge in [-0.2, -0.15) is 0 Å². The fourth-order valence-electron chi connectivity index (χ4n) is 2.31. The van der Waals surface area contributed by atoms with Crippen molar-refractivity contribution in [1.29, 1.82) is 0 Å². The Hall–Kier alpha value is -1.89. The van der Waals surface area contributed by atoms with Crippen molar-refractivity contribution in [3.05, 3.63) is 26.4 Å². The standard InChI is InChI=1S/C12H18N4O3/c1-15-10(13)9(11(18)14-12(15)19)8(17)7-16-5-3-2-4-6-16/h2-7,13H2,1H3,(H,14,18,19). The van der Waals surface area contributed by atoms with Crippen molar-refractivity contribution in [2.24, 2.45) is 7.05 Å². The number of carbonyl (C=O) groups excluding carboxylic acids is 1. The number of H-pyrrole nitrogens is 1. The van der Waals surface area contributed by atoms with Crippen molar-refractivity contribution in [1.82, 2.24) is 14.5 Å². The number of Topliss-reactive ketones (excluding diaryl/α,β-unsaturated/α-hetero) is 1. The zero-order chi connectivity index (χ0) is 14.0. The molecule has 0 aliphatic carbocycles.